The molecular formula is C13H26N2O3. The third-order valence-electron chi connectivity index (χ3n) is 3.96. The Labute approximate surface area is 110 Å². The largest absolute Gasteiger partial charge is 0.383 e. The smallest absolute Gasteiger partial charge is 0.320 e. The lowest BCUT2D eigenvalue weighted by Crippen LogP contribution is -2.47. The number of methoxy groups -OCH3 is 2. The zero-order chi connectivity index (χ0) is 13.6. The number of ether oxygens (including phenoxy) is 2. The van der Waals surface area contributed by atoms with E-state index < -0.39 is 0 Å². The van der Waals surface area contributed by atoms with Gasteiger partial charge in [0.2, 0.25) is 0 Å². The fraction of sp³-hybridized carbons (Fsp3) is 0.923. The lowest BCUT2D eigenvalue weighted by atomic mass is 9.92. The highest BCUT2D eigenvalue weighted by Gasteiger charge is 2.46. The lowest BCUT2D eigenvalue weighted by Gasteiger charge is -2.35. The average Bonchev–Trinajstić information content (AvgIpc) is 2.67. The Balaban J connectivity index is 2.78. The van der Waals surface area contributed by atoms with E-state index in [0.717, 1.165) is 19.4 Å². The zero-order valence-corrected chi connectivity index (χ0v) is 12.1. The van der Waals surface area contributed by atoms with Gasteiger partial charge in [-0.05, 0) is 12.8 Å². The molecule has 0 radical (unpaired) electrons. The van der Waals surface area contributed by atoms with Crippen LogP contribution in [0.15, 0.2) is 0 Å². The first-order chi connectivity index (χ1) is 8.65. The van der Waals surface area contributed by atoms with Gasteiger partial charge in [0.25, 0.3) is 0 Å². The molecule has 0 saturated carbocycles. The van der Waals surface area contributed by atoms with Crippen molar-refractivity contribution >= 4 is 6.03 Å². The van der Waals surface area contributed by atoms with E-state index in [-0.39, 0.29) is 11.6 Å². The minimum absolute atomic E-state index is 0.0383. The summed E-state index contributed by atoms with van der Waals surface area (Å²) in [4.78, 5) is 16.3. The Morgan fingerprint density at radius 2 is 1.67 bits per heavy atom. The van der Waals surface area contributed by atoms with Crippen molar-refractivity contribution in [2.75, 3.05) is 47.1 Å². The van der Waals surface area contributed by atoms with Gasteiger partial charge in [-0.15, -0.1) is 0 Å². The number of rotatable bonds is 8. The minimum Gasteiger partial charge on any atom is -0.383 e. The predicted octanol–water partition coefficient (Wildman–Crippen LogP) is 1.58. The molecule has 0 spiro atoms. The molecule has 18 heavy (non-hydrogen) atoms. The first kappa shape index (κ1) is 15.2. The summed E-state index contributed by atoms with van der Waals surface area (Å²) < 4.78 is 10.2. The molecule has 1 aliphatic rings. The van der Waals surface area contributed by atoms with Crippen LogP contribution in [0.2, 0.25) is 0 Å². The predicted molar refractivity (Wildman–Crippen MR) is 70.7 cm³/mol. The van der Waals surface area contributed by atoms with Crippen molar-refractivity contribution in [3.05, 3.63) is 0 Å². The van der Waals surface area contributed by atoms with Crippen LogP contribution in [-0.2, 0) is 9.47 Å². The van der Waals surface area contributed by atoms with Gasteiger partial charge in [0.05, 0.1) is 18.8 Å². The second kappa shape index (κ2) is 6.95. The molecule has 0 aromatic carbocycles. The molecule has 0 unspecified atom stereocenters. The van der Waals surface area contributed by atoms with Crippen molar-refractivity contribution in [3.63, 3.8) is 0 Å². The summed E-state index contributed by atoms with van der Waals surface area (Å²) in [6, 6.07) is 0.118. The highest BCUT2D eigenvalue weighted by molar-refractivity contribution is 5.78. The van der Waals surface area contributed by atoms with Crippen LogP contribution in [0.25, 0.3) is 0 Å². The number of urea groups is 1. The van der Waals surface area contributed by atoms with Crippen molar-refractivity contribution < 1.29 is 14.3 Å². The maximum absolute atomic E-state index is 12.4. The topological polar surface area (TPSA) is 42.0 Å². The third kappa shape index (κ3) is 2.95. The van der Waals surface area contributed by atoms with Crippen molar-refractivity contribution in [3.8, 4) is 0 Å². The molecule has 1 heterocycles. The van der Waals surface area contributed by atoms with Crippen molar-refractivity contribution in [2.24, 2.45) is 0 Å². The molecule has 0 aromatic rings. The molecule has 1 fully saturated rings. The van der Waals surface area contributed by atoms with E-state index in [1.54, 1.807) is 14.2 Å². The second-order valence-electron chi connectivity index (χ2n) is 4.77. The molecule has 1 aliphatic heterocycles. The summed E-state index contributed by atoms with van der Waals surface area (Å²) in [6.07, 6.45) is 1.95. The molecule has 106 valence electrons. The Morgan fingerprint density at radius 3 is 2.17 bits per heavy atom. The number of carbonyl (C=O) groups is 1. The van der Waals surface area contributed by atoms with Gasteiger partial charge in [-0.1, -0.05) is 13.8 Å². The quantitative estimate of drug-likeness (QED) is 0.664. The van der Waals surface area contributed by atoms with Crippen LogP contribution in [0.3, 0.4) is 0 Å². The van der Waals surface area contributed by atoms with Crippen molar-refractivity contribution in [1.29, 1.82) is 0 Å². The monoisotopic (exact) mass is 258 g/mol. The van der Waals surface area contributed by atoms with E-state index in [9.17, 15) is 4.79 Å². The van der Waals surface area contributed by atoms with Crippen molar-refractivity contribution in [1.82, 2.24) is 9.80 Å². The standard InChI is InChI=1S/C13H26N2O3/c1-5-13(6-2)11-14(7-9-17-3)12(16)15(13)8-10-18-4/h5-11H2,1-4H3. The van der Waals surface area contributed by atoms with Crippen LogP contribution in [-0.4, -0.2) is 68.4 Å². The SMILES string of the molecule is CCC1(CC)CN(CCOC)C(=O)N1CCOC. The van der Waals surface area contributed by atoms with Gasteiger partial charge in [-0.25, -0.2) is 4.79 Å². The number of nitrogens with zero attached hydrogens (tertiary/aromatic N) is 2. The summed E-state index contributed by atoms with van der Waals surface area (Å²) >= 11 is 0. The summed E-state index contributed by atoms with van der Waals surface area (Å²) in [5.41, 5.74) is -0.0383. The van der Waals surface area contributed by atoms with E-state index in [1.807, 2.05) is 9.80 Å². The minimum atomic E-state index is -0.0383. The maximum atomic E-state index is 12.4. The lowest BCUT2D eigenvalue weighted by molar-refractivity contribution is 0.105. The normalized spacial score (nSPS) is 18.8. The molecular weight excluding hydrogens is 232 g/mol. The Hall–Kier alpha value is -0.810. The van der Waals surface area contributed by atoms with Gasteiger partial charge in [0.1, 0.15) is 0 Å². The second-order valence-corrected chi connectivity index (χ2v) is 4.77. The van der Waals surface area contributed by atoms with Crippen LogP contribution < -0.4 is 0 Å². The zero-order valence-electron chi connectivity index (χ0n) is 12.1. The Kier molecular flexibility index (Phi) is 5.88. The van der Waals surface area contributed by atoms with Crippen LogP contribution in [0, 0.1) is 0 Å². The van der Waals surface area contributed by atoms with E-state index in [4.69, 9.17) is 9.47 Å². The summed E-state index contributed by atoms with van der Waals surface area (Å²) in [5.74, 6) is 0. The average molecular weight is 258 g/mol. The van der Waals surface area contributed by atoms with Crippen LogP contribution in [0.5, 0.6) is 0 Å². The van der Waals surface area contributed by atoms with Gasteiger partial charge < -0.3 is 19.3 Å². The van der Waals surface area contributed by atoms with Crippen LogP contribution in [0.4, 0.5) is 4.79 Å². The molecule has 5 heteroatoms. The number of amides is 2. The van der Waals surface area contributed by atoms with Gasteiger partial charge in [-0.2, -0.15) is 0 Å². The molecule has 0 bridgehead atoms. The molecule has 5 nitrogen and oxygen atoms in total. The maximum Gasteiger partial charge on any atom is 0.320 e. The first-order valence-corrected chi connectivity index (χ1v) is 6.69. The fourth-order valence-electron chi connectivity index (χ4n) is 2.63. The third-order valence-corrected chi connectivity index (χ3v) is 3.96. The van der Waals surface area contributed by atoms with Gasteiger partial charge in [0, 0.05) is 33.9 Å². The Morgan fingerprint density at radius 1 is 1.11 bits per heavy atom. The number of carbonyl (C=O) groups excluding carboxylic acids is 1. The molecule has 0 N–H and O–H groups in total. The van der Waals surface area contributed by atoms with Gasteiger partial charge >= 0.3 is 6.03 Å². The van der Waals surface area contributed by atoms with Crippen LogP contribution >= 0.6 is 0 Å². The highest BCUT2D eigenvalue weighted by atomic mass is 16.5. The molecule has 0 atom stereocenters. The van der Waals surface area contributed by atoms with Gasteiger partial charge in [-0.3, -0.25) is 0 Å². The van der Waals surface area contributed by atoms with Gasteiger partial charge in [0.15, 0.2) is 0 Å². The first-order valence-electron chi connectivity index (χ1n) is 6.69. The van der Waals surface area contributed by atoms with E-state index in [2.05, 4.69) is 13.8 Å². The highest BCUT2D eigenvalue weighted by Crippen LogP contribution is 2.32. The van der Waals surface area contributed by atoms with Crippen LogP contribution in [0.1, 0.15) is 26.7 Å². The number of hydrogen-bond donors (Lipinski definition) is 0. The van der Waals surface area contributed by atoms with E-state index in [0.29, 0.717) is 26.3 Å². The molecule has 0 aromatic heterocycles. The molecule has 1 saturated heterocycles. The summed E-state index contributed by atoms with van der Waals surface area (Å²) in [5, 5.41) is 0. The van der Waals surface area contributed by atoms with Crippen molar-refractivity contribution in [2.45, 2.75) is 32.2 Å². The van der Waals surface area contributed by atoms with E-state index in [1.165, 1.54) is 0 Å². The van der Waals surface area contributed by atoms with E-state index >= 15 is 0 Å². The Bertz CT molecular complexity index is 267. The number of hydrogen-bond acceptors (Lipinski definition) is 3. The molecule has 0 aliphatic carbocycles. The summed E-state index contributed by atoms with van der Waals surface area (Å²) in [7, 11) is 3.33. The molecule has 1 rings (SSSR count). The summed E-state index contributed by atoms with van der Waals surface area (Å²) in [6.45, 7) is 7.61. The fourth-order valence-corrected chi connectivity index (χ4v) is 2.63. The molecule has 2 amide bonds.